The molecule has 0 amide bonds. The van der Waals surface area contributed by atoms with Crippen LogP contribution in [0.5, 0.6) is 0 Å². The maximum Gasteiger partial charge on any atom is 0.228 e. The molecule has 18 heavy (non-hydrogen) atoms. The molecule has 0 aliphatic rings. The van der Waals surface area contributed by atoms with Gasteiger partial charge in [0.15, 0.2) is 0 Å². The van der Waals surface area contributed by atoms with Crippen LogP contribution in [0.4, 0.5) is 0 Å². The van der Waals surface area contributed by atoms with Gasteiger partial charge in [0.2, 0.25) is 11.7 Å². The van der Waals surface area contributed by atoms with Crippen LogP contribution in [0.2, 0.25) is 10.0 Å². The first-order valence-corrected chi connectivity index (χ1v) is 6.31. The van der Waals surface area contributed by atoms with Gasteiger partial charge in [-0.1, -0.05) is 35.3 Å². The summed E-state index contributed by atoms with van der Waals surface area (Å²) in [4.78, 5) is 8.33. The molecule has 0 unspecified atom stereocenters. The highest BCUT2D eigenvalue weighted by Crippen LogP contribution is 2.25. The molecule has 0 aliphatic heterocycles. The molecule has 0 aliphatic carbocycles. The quantitative estimate of drug-likeness (QED) is 0.856. The van der Waals surface area contributed by atoms with Crippen LogP contribution >= 0.6 is 23.2 Å². The molecule has 0 aromatic carbocycles. The third-order valence-electron chi connectivity index (χ3n) is 2.25. The van der Waals surface area contributed by atoms with Gasteiger partial charge in [0, 0.05) is 19.2 Å². The number of halogens is 2. The van der Waals surface area contributed by atoms with E-state index in [-0.39, 0.29) is 0 Å². The van der Waals surface area contributed by atoms with Crippen molar-refractivity contribution >= 4 is 23.2 Å². The summed E-state index contributed by atoms with van der Waals surface area (Å²) in [5, 5.41) is 7.91. The standard InChI is InChI=1S/C11H12Cl2N4O/c1-2-14-4-3-9-16-11(17-18-9)10-8(13)5-7(12)6-15-10/h5-6,14H,2-4H2,1H3. The normalized spacial score (nSPS) is 10.8. The van der Waals surface area contributed by atoms with Gasteiger partial charge >= 0.3 is 0 Å². The molecule has 0 saturated carbocycles. The zero-order valence-corrected chi connectivity index (χ0v) is 11.3. The number of nitrogens with zero attached hydrogens (tertiary/aromatic N) is 3. The number of pyridine rings is 1. The first-order valence-electron chi connectivity index (χ1n) is 5.55. The highest BCUT2D eigenvalue weighted by Gasteiger charge is 2.13. The van der Waals surface area contributed by atoms with E-state index in [4.69, 9.17) is 27.7 Å². The predicted octanol–water partition coefficient (Wildman–Crippen LogP) is 2.59. The van der Waals surface area contributed by atoms with Crippen LogP contribution in [-0.4, -0.2) is 28.2 Å². The van der Waals surface area contributed by atoms with Gasteiger partial charge in [0.05, 0.1) is 10.0 Å². The van der Waals surface area contributed by atoms with E-state index in [9.17, 15) is 0 Å². The summed E-state index contributed by atoms with van der Waals surface area (Å²) in [7, 11) is 0. The lowest BCUT2D eigenvalue weighted by Gasteiger charge is -1.97. The summed E-state index contributed by atoms with van der Waals surface area (Å²) in [6.45, 7) is 3.74. The Morgan fingerprint density at radius 1 is 1.39 bits per heavy atom. The molecule has 2 aromatic heterocycles. The van der Waals surface area contributed by atoms with Crippen molar-refractivity contribution in [3.05, 3.63) is 28.2 Å². The molecular weight excluding hydrogens is 275 g/mol. The smallest absolute Gasteiger partial charge is 0.228 e. The third kappa shape index (κ3) is 3.19. The maximum absolute atomic E-state index is 6.02. The number of hydrogen-bond acceptors (Lipinski definition) is 5. The van der Waals surface area contributed by atoms with Crippen LogP contribution < -0.4 is 5.32 Å². The predicted molar refractivity (Wildman–Crippen MR) is 69.8 cm³/mol. The molecule has 96 valence electrons. The Labute approximate surface area is 115 Å². The lowest BCUT2D eigenvalue weighted by Crippen LogP contribution is -2.16. The van der Waals surface area contributed by atoms with Gasteiger partial charge in [-0.15, -0.1) is 0 Å². The second kappa shape index (κ2) is 6.13. The first kappa shape index (κ1) is 13.3. The highest BCUT2D eigenvalue weighted by atomic mass is 35.5. The van der Waals surface area contributed by atoms with Gasteiger partial charge in [-0.2, -0.15) is 4.98 Å². The van der Waals surface area contributed by atoms with Gasteiger partial charge in [-0.25, -0.2) is 4.98 Å². The largest absolute Gasteiger partial charge is 0.339 e. The molecule has 0 saturated heterocycles. The zero-order chi connectivity index (χ0) is 13.0. The minimum absolute atomic E-state index is 0.378. The molecule has 7 heteroatoms. The van der Waals surface area contributed by atoms with Crippen LogP contribution in [-0.2, 0) is 6.42 Å². The Kier molecular flexibility index (Phi) is 4.52. The van der Waals surface area contributed by atoms with Crippen LogP contribution in [0.25, 0.3) is 11.5 Å². The summed E-state index contributed by atoms with van der Waals surface area (Å²) in [6, 6.07) is 1.60. The second-order valence-corrected chi connectivity index (χ2v) is 4.44. The summed E-state index contributed by atoms with van der Waals surface area (Å²) < 4.78 is 5.12. The summed E-state index contributed by atoms with van der Waals surface area (Å²) in [6.07, 6.45) is 2.17. The van der Waals surface area contributed by atoms with Crippen molar-refractivity contribution in [2.45, 2.75) is 13.3 Å². The molecule has 0 atom stereocenters. The fraction of sp³-hybridized carbons (Fsp3) is 0.364. The van der Waals surface area contributed by atoms with Crippen molar-refractivity contribution in [1.82, 2.24) is 20.4 Å². The molecule has 1 N–H and O–H groups in total. The third-order valence-corrected chi connectivity index (χ3v) is 2.75. The SMILES string of the molecule is CCNCCc1nc(-c2ncc(Cl)cc2Cl)no1. The average Bonchev–Trinajstić information content (AvgIpc) is 2.78. The van der Waals surface area contributed by atoms with E-state index in [1.54, 1.807) is 6.07 Å². The van der Waals surface area contributed by atoms with Crippen LogP contribution in [0.15, 0.2) is 16.8 Å². The summed E-state index contributed by atoms with van der Waals surface area (Å²) in [5.41, 5.74) is 0.472. The van der Waals surface area contributed by atoms with Gasteiger partial charge in [0.1, 0.15) is 5.69 Å². The molecular formula is C11H12Cl2N4O. The Bertz CT molecular complexity index is 530. The van der Waals surface area contributed by atoms with Crippen LogP contribution in [0, 0.1) is 0 Å². The number of likely N-dealkylation sites (N-methyl/N-ethyl adjacent to an activating group) is 1. The van der Waals surface area contributed by atoms with E-state index < -0.39 is 0 Å². The Hall–Kier alpha value is -1.17. The van der Waals surface area contributed by atoms with Crippen LogP contribution in [0.3, 0.4) is 0 Å². The van der Waals surface area contributed by atoms with E-state index in [1.165, 1.54) is 6.20 Å². The molecule has 5 nitrogen and oxygen atoms in total. The van der Waals surface area contributed by atoms with Crippen molar-refractivity contribution in [3.63, 3.8) is 0 Å². The van der Waals surface area contributed by atoms with Crippen molar-refractivity contribution in [2.24, 2.45) is 0 Å². The molecule has 0 radical (unpaired) electrons. The summed E-state index contributed by atoms with van der Waals surface area (Å²) >= 11 is 11.8. The van der Waals surface area contributed by atoms with E-state index >= 15 is 0 Å². The van der Waals surface area contributed by atoms with Gasteiger partial charge < -0.3 is 9.84 Å². The Balaban J connectivity index is 2.13. The zero-order valence-electron chi connectivity index (χ0n) is 9.78. The molecule has 0 bridgehead atoms. The minimum atomic E-state index is 0.378. The molecule has 2 rings (SSSR count). The lowest BCUT2D eigenvalue weighted by molar-refractivity contribution is 0.376. The fourth-order valence-corrected chi connectivity index (χ4v) is 1.87. The topological polar surface area (TPSA) is 63.8 Å². The number of aromatic nitrogens is 3. The second-order valence-electron chi connectivity index (χ2n) is 3.60. The Morgan fingerprint density at radius 3 is 2.94 bits per heavy atom. The van der Waals surface area contributed by atoms with E-state index in [0.717, 1.165) is 13.1 Å². The van der Waals surface area contributed by atoms with E-state index in [1.807, 2.05) is 6.92 Å². The molecule has 0 fully saturated rings. The van der Waals surface area contributed by atoms with Crippen molar-refractivity contribution in [1.29, 1.82) is 0 Å². The van der Waals surface area contributed by atoms with E-state index in [0.29, 0.717) is 33.9 Å². The number of hydrogen-bond donors (Lipinski definition) is 1. The maximum atomic E-state index is 6.02. The highest BCUT2D eigenvalue weighted by molar-refractivity contribution is 6.35. The first-order chi connectivity index (χ1) is 8.70. The van der Waals surface area contributed by atoms with E-state index in [2.05, 4.69) is 20.4 Å². The average molecular weight is 287 g/mol. The van der Waals surface area contributed by atoms with Crippen molar-refractivity contribution in [2.75, 3.05) is 13.1 Å². The van der Waals surface area contributed by atoms with Gasteiger partial charge in [-0.3, -0.25) is 0 Å². The molecule has 2 aromatic rings. The monoisotopic (exact) mass is 286 g/mol. The van der Waals surface area contributed by atoms with Gasteiger partial charge in [0.25, 0.3) is 0 Å². The number of rotatable bonds is 5. The minimum Gasteiger partial charge on any atom is -0.339 e. The van der Waals surface area contributed by atoms with Gasteiger partial charge in [-0.05, 0) is 12.6 Å². The van der Waals surface area contributed by atoms with Crippen molar-refractivity contribution < 1.29 is 4.52 Å². The van der Waals surface area contributed by atoms with Crippen molar-refractivity contribution in [3.8, 4) is 11.5 Å². The fourth-order valence-electron chi connectivity index (χ4n) is 1.40. The lowest BCUT2D eigenvalue weighted by atomic mass is 10.3. The Morgan fingerprint density at radius 2 is 2.22 bits per heavy atom. The molecule has 2 heterocycles. The molecule has 0 spiro atoms. The summed E-state index contributed by atoms with van der Waals surface area (Å²) in [5.74, 6) is 0.932. The van der Waals surface area contributed by atoms with Crippen LogP contribution in [0.1, 0.15) is 12.8 Å². The number of nitrogens with one attached hydrogen (secondary N) is 1.